The molecule has 0 saturated carbocycles. The molecule has 1 heterocycles. The van der Waals surface area contributed by atoms with Gasteiger partial charge >= 0.3 is 0 Å². The van der Waals surface area contributed by atoms with Crippen molar-refractivity contribution < 1.29 is 13.5 Å². The van der Waals surface area contributed by atoms with Crippen molar-refractivity contribution >= 4 is 9.84 Å². The highest BCUT2D eigenvalue weighted by Crippen LogP contribution is 2.21. The van der Waals surface area contributed by atoms with Gasteiger partial charge in [0.15, 0.2) is 9.84 Å². The Morgan fingerprint density at radius 3 is 2.25 bits per heavy atom. The third-order valence-electron chi connectivity index (χ3n) is 3.66. The molecule has 0 unspecified atom stereocenters. The van der Waals surface area contributed by atoms with Crippen LogP contribution < -0.4 is 0 Å². The van der Waals surface area contributed by atoms with Crippen molar-refractivity contribution in [2.24, 2.45) is 0 Å². The second-order valence-electron chi connectivity index (χ2n) is 5.64. The summed E-state index contributed by atoms with van der Waals surface area (Å²) in [5.41, 5.74) is 2.29. The minimum absolute atomic E-state index is 0.0121. The smallest absolute Gasteiger partial charge is 0.154 e. The number of aliphatic hydroxyl groups excluding tert-OH is 1. The van der Waals surface area contributed by atoms with Gasteiger partial charge in [0.05, 0.1) is 23.7 Å². The average Bonchev–Trinajstić information content (AvgIpc) is 2.61. The van der Waals surface area contributed by atoms with Crippen LogP contribution in [0.4, 0.5) is 0 Å². The van der Waals surface area contributed by atoms with Gasteiger partial charge in [0.25, 0.3) is 0 Å². The van der Waals surface area contributed by atoms with Gasteiger partial charge in [-0.1, -0.05) is 29.8 Å². The van der Waals surface area contributed by atoms with Crippen LogP contribution in [0.2, 0.25) is 0 Å². The summed E-state index contributed by atoms with van der Waals surface area (Å²) in [4.78, 5) is 0. The van der Waals surface area contributed by atoms with Gasteiger partial charge in [-0.2, -0.15) is 0 Å². The largest absolute Gasteiger partial charge is 0.390 e. The first-order chi connectivity index (χ1) is 9.28. The molecule has 2 atom stereocenters. The van der Waals surface area contributed by atoms with E-state index in [0.717, 1.165) is 5.56 Å². The number of hydrogen-bond acceptors (Lipinski definition) is 5. The number of hydrogen-bond donors (Lipinski definition) is 1. The lowest BCUT2D eigenvalue weighted by atomic mass is 10.1. The summed E-state index contributed by atoms with van der Waals surface area (Å²) >= 11 is 0. The molecule has 0 aliphatic carbocycles. The normalized spacial score (nSPS) is 25.5. The van der Waals surface area contributed by atoms with Crippen LogP contribution in [0.3, 0.4) is 0 Å². The minimum atomic E-state index is -3.14. The molecular formula is C14H22N2O3S. The zero-order valence-corrected chi connectivity index (χ0v) is 13.0. The van der Waals surface area contributed by atoms with E-state index < -0.39 is 15.9 Å². The van der Waals surface area contributed by atoms with Crippen molar-refractivity contribution in [3.05, 3.63) is 35.4 Å². The highest BCUT2D eigenvalue weighted by molar-refractivity contribution is 7.91. The molecular weight excluding hydrogens is 276 g/mol. The Morgan fingerprint density at radius 2 is 1.80 bits per heavy atom. The molecule has 0 amide bonds. The van der Waals surface area contributed by atoms with E-state index in [1.54, 1.807) is 0 Å². The number of nitrogens with zero attached hydrogens (tertiary/aromatic N) is 2. The zero-order valence-electron chi connectivity index (χ0n) is 12.2. The molecule has 1 aliphatic rings. The molecule has 0 aromatic heterocycles. The van der Waals surface area contributed by atoms with Crippen molar-refractivity contribution in [3.8, 4) is 0 Å². The van der Waals surface area contributed by atoms with Crippen molar-refractivity contribution in [3.63, 3.8) is 0 Å². The summed E-state index contributed by atoms with van der Waals surface area (Å²) < 4.78 is 23.3. The highest BCUT2D eigenvalue weighted by atomic mass is 32.2. The van der Waals surface area contributed by atoms with E-state index in [1.807, 2.05) is 55.3 Å². The fraction of sp³-hybridized carbons (Fsp3) is 0.571. The van der Waals surface area contributed by atoms with Crippen LogP contribution in [-0.2, 0) is 16.4 Å². The molecule has 1 saturated heterocycles. The molecule has 6 heteroatoms. The third-order valence-corrected chi connectivity index (χ3v) is 5.35. The summed E-state index contributed by atoms with van der Waals surface area (Å²) in [6.07, 6.45) is -0.826. The molecule has 1 aromatic carbocycles. The molecule has 20 heavy (non-hydrogen) atoms. The van der Waals surface area contributed by atoms with Crippen LogP contribution in [-0.4, -0.2) is 61.3 Å². The van der Waals surface area contributed by atoms with E-state index >= 15 is 0 Å². The van der Waals surface area contributed by atoms with Crippen molar-refractivity contribution in [1.82, 2.24) is 10.0 Å². The number of aryl methyl sites for hydroxylation is 1. The molecule has 0 bridgehead atoms. The van der Waals surface area contributed by atoms with Gasteiger partial charge in [-0.3, -0.25) is 0 Å². The lowest BCUT2D eigenvalue weighted by Crippen LogP contribution is -2.49. The van der Waals surface area contributed by atoms with Gasteiger partial charge in [0.1, 0.15) is 0 Å². The van der Waals surface area contributed by atoms with Crippen molar-refractivity contribution in [2.45, 2.75) is 25.6 Å². The van der Waals surface area contributed by atoms with Gasteiger partial charge in [0.2, 0.25) is 0 Å². The lowest BCUT2D eigenvalue weighted by Gasteiger charge is -2.35. The Balaban J connectivity index is 2.17. The molecule has 1 N–H and O–H groups in total. The molecule has 0 spiro atoms. The highest BCUT2D eigenvalue weighted by Gasteiger charge is 2.40. The summed E-state index contributed by atoms with van der Waals surface area (Å²) in [5, 5.41) is 13.8. The average molecular weight is 298 g/mol. The van der Waals surface area contributed by atoms with Crippen molar-refractivity contribution in [1.29, 1.82) is 0 Å². The van der Waals surface area contributed by atoms with Gasteiger partial charge < -0.3 is 5.11 Å². The first kappa shape index (κ1) is 15.4. The molecule has 0 radical (unpaired) electrons. The maximum atomic E-state index is 11.7. The Kier molecular flexibility index (Phi) is 4.49. The maximum Gasteiger partial charge on any atom is 0.154 e. The van der Waals surface area contributed by atoms with Crippen LogP contribution >= 0.6 is 0 Å². The third kappa shape index (κ3) is 3.58. The predicted octanol–water partition coefficient (Wildman–Crippen LogP) is 0.432. The number of benzene rings is 1. The van der Waals surface area contributed by atoms with Crippen LogP contribution in [0.5, 0.6) is 0 Å². The molecule has 112 valence electrons. The van der Waals surface area contributed by atoms with Gasteiger partial charge in [-0.15, -0.1) is 0 Å². The molecule has 5 nitrogen and oxygen atoms in total. The van der Waals surface area contributed by atoms with Gasteiger partial charge in [0, 0.05) is 20.6 Å². The Labute approximate surface area is 120 Å². The van der Waals surface area contributed by atoms with Crippen LogP contribution in [0.15, 0.2) is 24.3 Å². The fourth-order valence-electron chi connectivity index (χ4n) is 2.53. The van der Waals surface area contributed by atoms with E-state index in [2.05, 4.69) is 0 Å². The fourth-order valence-corrected chi connectivity index (χ4v) is 4.32. The van der Waals surface area contributed by atoms with E-state index in [4.69, 9.17) is 0 Å². The monoisotopic (exact) mass is 298 g/mol. The lowest BCUT2D eigenvalue weighted by molar-refractivity contribution is -0.0558. The van der Waals surface area contributed by atoms with Gasteiger partial charge in [-0.05, 0) is 12.5 Å². The zero-order chi connectivity index (χ0) is 14.9. The summed E-state index contributed by atoms with van der Waals surface area (Å²) in [6.45, 7) is 2.62. The summed E-state index contributed by atoms with van der Waals surface area (Å²) in [5.74, 6) is -0.131. The van der Waals surface area contributed by atoms with E-state index in [-0.39, 0.29) is 17.5 Å². The summed E-state index contributed by atoms with van der Waals surface area (Å²) in [6, 6.07) is 7.75. The Hall–Kier alpha value is -0.950. The first-order valence-corrected chi connectivity index (χ1v) is 8.48. The van der Waals surface area contributed by atoms with Gasteiger partial charge in [-0.25, -0.2) is 18.4 Å². The van der Waals surface area contributed by atoms with E-state index in [9.17, 15) is 13.5 Å². The van der Waals surface area contributed by atoms with Crippen LogP contribution in [0.1, 0.15) is 11.1 Å². The van der Waals surface area contributed by atoms with E-state index in [0.29, 0.717) is 6.54 Å². The molecule has 1 aliphatic heterocycles. The van der Waals surface area contributed by atoms with Crippen LogP contribution in [0, 0.1) is 6.92 Å². The second-order valence-corrected chi connectivity index (χ2v) is 7.80. The number of rotatable bonds is 4. The van der Waals surface area contributed by atoms with Crippen molar-refractivity contribution in [2.75, 3.05) is 25.6 Å². The SMILES string of the molecule is Cc1ccc(CN([C@@H]2CS(=O)(=O)C[C@@H]2O)N(C)C)cc1. The van der Waals surface area contributed by atoms with Crippen LogP contribution in [0.25, 0.3) is 0 Å². The topological polar surface area (TPSA) is 60.9 Å². The maximum absolute atomic E-state index is 11.7. The second kappa shape index (κ2) is 5.81. The molecule has 1 aromatic rings. The number of sulfone groups is 1. The quantitative estimate of drug-likeness (QED) is 0.817. The van der Waals surface area contributed by atoms with E-state index in [1.165, 1.54) is 5.56 Å². The first-order valence-electron chi connectivity index (χ1n) is 6.66. The molecule has 2 rings (SSSR count). The predicted molar refractivity (Wildman–Crippen MR) is 78.9 cm³/mol. The standard InChI is InChI=1S/C14H22N2O3S/c1-11-4-6-12(7-5-11)8-16(15(2)3)13-9-20(18,19)10-14(13)17/h4-7,13-14,17H,8-10H2,1-3H3/t13-,14+/m1/s1. The summed E-state index contributed by atoms with van der Waals surface area (Å²) in [7, 11) is 0.593. The Morgan fingerprint density at radius 1 is 1.20 bits per heavy atom. The number of aliphatic hydroxyl groups is 1. The number of hydrazine groups is 1. The molecule has 1 fully saturated rings. The Bertz CT molecular complexity index is 554. The minimum Gasteiger partial charge on any atom is -0.390 e.